The second-order valence-corrected chi connectivity index (χ2v) is 16.4. The fourth-order valence-electron chi connectivity index (χ4n) is 4.86. The summed E-state index contributed by atoms with van der Waals surface area (Å²) in [5, 5.41) is 2.32. The summed E-state index contributed by atoms with van der Waals surface area (Å²) in [7, 11) is -1.39. The van der Waals surface area contributed by atoms with Gasteiger partial charge in [0.15, 0.2) is 0 Å². The summed E-state index contributed by atoms with van der Waals surface area (Å²) in [5.41, 5.74) is 8.02. The summed E-state index contributed by atoms with van der Waals surface area (Å²) < 4.78 is 6.35. The van der Waals surface area contributed by atoms with Crippen molar-refractivity contribution in [2.45, 2.75) is 19.6 Å². The molecule has 5 heteroatoms. The number of fused-ring (bicyclic) bond motifs is 1. The van der Waals surface area contributed by atoms with Crippen molar-refractivity contribution in [1.29, 1.82) is 0 Å². The summed E-state index contributed by atoms with van der Waals surface area (Å²) in [4.78, 5) is 9.01. The molecule has 3 nitrogen and oxygen atoms in total. The van der Waals surface area contributed by atoms with Crippen LogP contribution < -0.4 is 5.19 Å². The normalized spacial score (nSPS) is 10.9. The topological polar surface area (TPSA) is 38.9 Å². The maximum atomic E-state index is 6.35. The minimum atomic E-state index is -1.39. The van der Waals surface area contributed by atoms with Gasteiger partial charge in [0.1, 0.15) is 0 Å². The molecular formula is C39H32IrN2OSi-2. The third-order valence-electron chi connectivity index (χ3n) is 7.23. The standard InChI is InChI=1S/C28H24NOSi.C11H8N.Ir/c1-31(2,3)24-14-15-26(29-19-24)22-16-23-18-27(21-12-8-5-9-13-21)30-28(23)25(17-22)20-10-6-4-7-11-20;1-2-6-10(7-3-1)11-8-4-5-9-12-11;/h4-15,17-19H,1-3H3;1-6,8-9H;/q2*-1;. The van der Waals surface area contributed by atoms with Crippen LogP contribution in [-0.4, -0.2) is 18.0 Å². The molecule has 0 aliphatic rings. The van der Waals surface area contributed by atoms with Crippen molar-refractivity contribution in [3.05, 3.63) is 152 Å². The summed E-state index contributed by atoms with van der Waals surface area (Å²) >= 11 is 0. The first-order chi connectivity index (χ1) is 21.0. The number of furan rings is 1. The van der Waals surface area contributed by atoms with E-state index >= 15 is 0 Å². The molecule has 3 heterocycles. The van der Waals surface area contributed by atoms with Gasteiger partial charge in [0.2, 0.25) is 0 Å². The summed E-state index contributed by atoms with van der Waals surface area (Å²) in [6.45, 7) is 7.02. The van der Waals surface area contributed by atoms with Gasteiger partial charge in [0.05, 0.1) is 19.4 Å². The van der Waals surface area contributed by atoms with Crippen LogP contribution in [0.5, 0.6) is 0 Å². The van der Waals surface area contributed by atoms with E-state index in [2.05, 4.69) is 97.4 Å². The minimum absolute atomic E-state index is 0. The molecule has 0 bridgehead atoms. The van der Waals surface area contributed by atoms with Crippen LogP contribution in [0.2, 0.25) is 19.6 Å². The van der Waals surface area contributed by atoms with Crippen LogP contribution in [0.3, 0.4) is 0 Å². The zero-order valence-corrected chi connectivity index (χ0v) is 28.3. The molecule has 0 amide bonds. The van der Waals surface area contributed by atoms with Gasteiger partial charge in [-0.25, -0.2) is 0 Å². The molecule has 0 saturated carbocycles. The Morgan fingerprint density at radius 2 is 1.32 bits per heavy atom. The molecule has 1 radical (unpaired) electrons. The van der Waals surface area contributed by atoms with Crippen molar-refractivity contribution < 1.29 is 24.5 Å². The number of hydrogen-bond donors (Lipinski definition) is 0. The Hall–Kier alpha value is -4.41. The van der Waals surface area contributed by atoms with Gasteiger partial charge in [0, 0.05) is 43.8 Å². The Labute approximate surface area is 274 Å². The Balaban J connectivity index is 0.000000248. The molecule has 0 atom stereocenters. The van der Waals surface area contributed by atoms with Gasteiger partial charge in [-0.2, -0.15) is 0 Å². The average Bonchev–Trinajstić information content (AvgIpc) is 3.50. The summed E-state index contributed by atoms with van der Waals surface area (Å²) in [5.74, 6) is 0.850. The van der Waals surface area contributed by atoms with E-state index in [1.165, 1.54) is 5.19 Å². The fourth-order valence-corrected chi connectivity index (χ4v) is 5.90. The smallest absolute Gasteiger partial charge is 0.0914 e. The van der Waals surface area contributed by atoms with Crippen LogP contribution in [0.4, 0.5) is 0 Å². The molecule has 7 aromatic rings. The Morgan fingerprint density at radius 3 is 1.93 bits per heavy atom. The number of pyridine rings is 2. The van der Waals surface area contributed by atoms with Crippen LogP contribution in [-0.2, 0) is 20.1 Å². The largest absolute Gasteiger partial charge is 0.499 e. The number of aromatic nitrogens is 2. The molecule has 4 aromatic carbocycles. The molecule has 44 heavy (non-hydrogen) atoms. The molecule has 0 aliphatic heterocycles. The molecule has 0 aliphatic carbocycles. The monoisotopic (exact) mass is 765 g/mol. The van der Waals surface area contributed by atoms with Crippen molar-refractivity contribution in [3.8, 4) is 45.0 Å². The maximum absolute atomic E-state index is 6.35. The van der Waals surface area contributed by atoms with Crippen LogP contribution >= 0.6 is 0 Å². The molecule has 7 rings (SSSR count). The molecule has 0 unspecified atom stereocenters. The van der Waals surface area contributed by atoms with Crippen molar-refractivity contribution in [3.63, 3.8) is 0 Å². The van der Waals surface area contributed by atoms with E-state index in [-0.39, 0.29) is 20.1 Å². The summed E-state index contributed by atoms with van der Waals surface area (Å²) in [6, 6.07) is 49.5. The second-order valence-electron chi connectivity index (χ2n) is 11.4. The quantitative estimate of drug-likeness (QED) is 0.130. The van der Waals surface area contributed by atoms with Crippen molar-refractivity contribution in [2.75, 3.05) is 0 Å². The zero-order valence-electron chi connectivity index (χ0n) is 24.9. The molecule has 0 saturated heterocycles. The third-order valence-corrected chi connectivity index (χ3v) is 9.26. The van der Waals surface area contributed by atoms with E-state index in [9.17, 15) is 0 Å². The van der Waals surface area contributed by atoms with Crippen LogP contribution in [0.15, 0.2) is 144 Å². The van der Waals surface area contributed by atoms with Gasteiger partial charge < -0.3 is 9.40 Å². The van der Waals surface area contributed by atoms with Crippen LogP contribution in [0, 0.1) is 12.1 Å². The van der Waals surface area contributed by atoms with Crippen molar-refractivity contribution in [1.82, 2.24) is 9.97 Å². The van der Waals surface area contributed by atoms with Gasteiger partial charge in [-0.3, -0.25) is 4.98 Å². The molecule has 3 aromatic heterocycles. The Morgan fingerprint density at radius 1 is 0.636 bits per heavy atom. The molecule has 0 N–H and O–H groups in total. The van der Waals surface area contributed by atoms with E-state index in [1.54, 1.807) is 6.20 Å². The minimum Gasteiger partial charge on any atom is -0.499 e. The van der Waals surface area contributed by atoms with Gasteiger partial charge in [-0.05, 0) is 28.1 Å². The molecular weight excluding hydrogens is 733 g/mol. The van der Waals surface area contributed by atoms with Crippen molar-refractivity contribution in [2.24, 2.45) is 0 Å². The third kappa shape index (κ3) is 7.20. The zero-order chi connectivity index (χ0) is 29.6. The van der Waals surface area contributed by atoms with E-state index < -0.39 is 8.07 Å². The number of nitrogens with zero attached hydrogens (tertiary/aromatic N) is 2. The predicted molar refractivity (Wildman–Crippen MR) is 181 cm³/mol. The first-order valence-electron chi connectivity index (χ1n) is 14.4. The van der Waals surface area contributed by atoms with Crippen LogP contribution in [0.25, 0.3) is 55.9 Å². The molecule has 0 spiro atoms. The van der Waals surface area contributed by atoms with E-state index in [1.807, 2.05) is 72.9 Å². The number of benzene rings is 4. The van der Waals surface area contributed by atoms with E-state index in [0.29, 0.717) is 0 Å². The van der Waals surface area contributed by atoms with Crippen molar-refractivity contribution >= 4 is 24.2 Å². The first kappa shape index (κ1) is 31.0. The van der Waals surface area contributed by atoms with Gasteiger partial charge in [0.25, 0.3) is 0 Å². The van der Waals surface area contributed by atoms with E-state index in [4.69, 9.17) is 9.40 Å². The molecule has 219 valence electrons. The number of rotatable bonds is 5. The van der Waals surface area contributed by atoms with Gasteiger partial charge in [-0.1, -0.05) is 122 Å². The Bertz CT molecular complexity index is 1880. The average molecular weight is 765 g/mol. The SMILES string of the molecule is C[Si](C)(C)c1ccc(-c2[c-]c3cc(-c4ccccc4)oc3c(-c3ccccc3)c2)nc1.[Ir].[c-]1ccccc1-c1ccccn1. The van der Waals surface area contributed by atoms with Gasteiger partial charge in [-0.15, -0.1) is 48.0 Å². The Kier molecular flexibility index (Phi) is 9.81. The number of hydrogen-bond acceptors (Lipinski definition) is 3. The second kappa shape index (κ2) is 13.9. The van der Waals surface area contributed by atoms with E-state index in [0.717, 1.165) is 55.9 Å². The fraction of sp³-hybridized carbons (Fsp3) is 0.0769. The molecule has 0 fully saturated rings. The first-order valence-corrected chi connectivity index (χ1v) is 17.9. The predicted octanol–water partition coefficient (Wildman–Crippen LogP) is 9.72. The summed E-state index contributed by atoms with van der Waals surface area (Å²) in [6.07, 6.45) is 3.82. The van der Waals surface area contributed by atoms with Gasteiger partial charge >= 0.3 is 0 Å². The maximum Gasteiger partial charge on any atom is 0.0914 e. The van der Waals surface area contributed by atoms with Crippen LogP contribution in [0.1, 0.15) is 0 Å².